The van der Waals surface area contributed by atoms with E-state index in [4.69, 9.17) is 9.84 Å². The van der Waals surface area contributed by atoms with E-state index in [1.165, 1.54) is 13.8 Å². The Morgan fingerprint density at radius 1 is 1.36 bits per heavy atom. The van der Waals surface area contributed by atoms with Gasteiger partial charge in [0.1, 0.15) is 0 Å². The molecule has 82 valence electrons. The highest BCUT2D eigenvalue weighted by Crippen LogP contribution is 1.98. The van der Waals surface area contributed by atoms with Crippen molar-refractivity contribution >= 4 is 11.9 Å². The van der Waals surface area contributed by atoms with Gasteiger partial charge in [-0.25, -0.2) is 4.79 Å². The van der Waals surface area contributed by atoms with Crippen molar-refractivity contribution in [2.24, 2.45) is 0 Å². The summed E-state index contributed by atoms with van der Waals surface area (Å²) in [4.78, 5) is 22.0. The quantitative estimate of drug-likeness (QED) is 0.513. The molecule has 0 aliphatic heterocycles. The van der Waals surface area contributed by atoms with E-state index in [9.17, 15) is 9.59 Å². The molecule has 0 heterocycles. The Bertz CT molecular complexity index is 199. The summed E-state index contributed by atoms with van der Waals surface area (Å²) in [5.74, 6) is -1.46. The molecule has 14 heavy (non-hydrogen) atoms. The molecule has 0 saturated carbocycles. The van der Waals surface area contributed by atoms with Gasteiger partial charge in [0, 0.05) is 6.61 Å². The minimum absolute atomic E-state index is 0.190. The topological polar surface area (TPSA) is 72.8 Å². The molecular weight excluding hydrogens is 188 g/mol. The fourth-order valence-corrected chi connectivity index (χ4v) is 0.796. The average Bonchev–Trinajstić information content (AvgIpc) is 2.02. The standard InChI is InChI=1S/C9H16O5/c1-4-13-7(3)9(12)14-8(11)5-6(2)10/h6-7,10H,4-5H2,1-3H3. The maximum Gasteiger partial charge on any atom is 0.342 e. The molecule has 0 aromatic carbocycles. The third kappa shape index (κ3) is 5.66. The maximum atomic E-state index is 11.1. The molecule has 0 aromatic rings. The van der Waals surface area contributed by atoms with Crippen LogP contribution in [0.5, 0.6) is 0 Å². The second-order valence-electron chi connectivity index (χ2n) is 2.94. The molecule has 0 radical (unpaired) electrons. The Morgan fingerprint density at radius 2 is 1.93 bits per heavy atom. The first-order chi connectivity index (χ1) is 6.47. The van der Waals surface area contributed by atoms with Gasteiger partial charge < -0.3 is 14.6 Å². The van der Waals surface area contributed by atoms with Crippen molar-refractivity contribution in [2.75, 3.05) is 6.61 Å². The Kier molecular flexibility index (Phi) is 6.07. The predicted molar refractivity (Wildman–Crippen MR) is 48.5 cm³/mol. The number of aliphatic hydroxyl groups excluding tert-OH is 1. The van der Waals surface area contributed by atoms with E-state index in [1.807, 2.05) is 0 Å². The fourth-order valence-electron chi connectivity index (χ4n) is 0.796. The zero-order valence-corrected chi connectivity index (χ0v) is 8.65. The number of hydrogen-bond donors (Lipinski definition) is 1. The smallest absolute Gasteiger partial charge is 0.342 e. The summed E-state index contributed by atoms with van der Waals surface area (Å²) >= 11 is 0. The summed E-state index contributed by atoms with van der Waals surface area (Å²) in [5, 5.41) is 8.83. The molecule has 1 N–H and O–H groups in total. The molecule has 5 nitrogen and oxygen atoms in total. The minimum Gasteiger partial charge on any atom is -0.393 e. The van der Waals surface area contributed by atoms with Gasteiger partial charge in [0.05, 0.1) is 12.5 Å². The highest BCUT2D eigenvalue weighted by atomic mass is 16.6. The monoisotopic (exact) mass is 204 g/mol. The van der Waals surface area contributed by atoms with Gasteiger partial charge in [-0.2, -0.15) is 0 Å². The number of aliphatic hydroxyl groups is 1. The summed E-state index contributed by atoms with van der Waals surface area (Å²) in [6.07, 6.45) is -1.75. The Hall–Kier alpha value is -0.940. The molecule has 0 rings (SSSR count). The molecule has 2 unspecified atom stereocenters. The molecule has 0 fully saturated rings. The zero-order chi connectivity index (χ0) is 11.1. The van der Waals surface area contributed by atoms with Crippen molar-refractivity contribution in [1.29, 1.82) is 0 Å². The van der Waals surface area contributed by atoms with Crippen LogP contribution in [0.1, 0.15) is 27.2 Å². The Labute approximate surface area is 83.0 Å². The summed E-state index contributed by atoms with van der Waals surface area (Å²) in [6.45, 7) is 5.06. The molecule has 0 aromatic heterocycles. The second-order valence-corrected chi connectivity index (χ2v) is 2.94. The van der Waals surface area contributed by atoms with Crippen molar-refractivity contribution < 1.29 is 24.2 Å². The Balaban J connectivity index is 3.87. The van der Waals surface area contributed by atoms with Crippen LogP contribution >= 0.6 is 0 Å². The molecule has 0 aliphatic carbocycles. The lowest BCUT2D eigenvalue weighted by atomic mass is 10.3. The maximum absolute atomic E-state index is 11.1. The molecule has 5 heteroatoms. The zero-order valence-electron chi connectivity index (χ0n) is 8.65. The highest BCUT2D eigenvalue weighted by Gasteiger charge is 2.19. The number of hydrogen-bond acceptors (Lipinski definition) is 5. The third-order valence-corrected chi connectivity index (χ3v) is 1.43. The van der Waals surface area contributed by atoms with Gasteiger partial charge in [-0.1, -0.05) is 0 Å². The average molecular weight is 204 g/mol. The van der Waals surface area contributed by atoms with Crippen LogP contribution in [0.2, 0.25) is 0 Å². The lowest BCUT2D eigenvalue weighted by molar-refractivity contribution is -0.168. The van der Waals surface area contributed by atoms with E-state index < -0.39 is 24.1 Å². The number of ether oxygens (including phenoxy) is 2. The molecule has 0 aliphatic rings. The van der Waals surface area contributed by atoms with Crippen LogP contribution in [0.15, 0.2) is 0 Å². The third-order valence-electron chi connectivity index (χ3n) is 1.43. The van der Waals surface area contributed by atoms with E-state index in [0.29, 0.717) is 6.61 Å². The summed E-state index contributed by atoms with van der Waals surface area (Å²) < 4.78 is 9.33. The van der Waals surface area contributed by atoms with E-state index in [0.717, 1.165) is 0 Å². The van der Waals surface area contributed by atoms with Crippen LogP contribution in [0.25, 0.3) is 0 Å². The van der Waals surface area contributed by atoms with E-state index >= 15 is 0 Å². The van der Waals surface area contributed by atoms with Crippen LogP contribution in [0.3, 0.4) is 0 Å². The first-order valence-corrected chi connectivity index (χ1v) is 4.51. The molecule has 0 amide bonds. The predicted octanol–water partition coefficient (Wildman–Crippen LogP) is 0.252. The van der Waals surface area contributed by atoms with E-state index in [-0.39, 0.29) is 6.42 Å². The van der Waals surface area contributed by atoms with Crippen LogP contribution < -0.4 is 0 Å². The number of rotatable bonds is 5. The van der Waals surface area contributed by atoms with Crippen LogP contribution in [0, 0.1) is 0 Å². The number of carbonyl (C=O) groups is 2. The Morgan fingerprint density at radius 3 is 2.36 bits per heavy atom. The van der Waals surface area contributed by atoms with Gasteiger partial charge >= 0.3 is 11.9 Å². The van der Waals surface area contributed by atoms with Gasteiger partial charge in [0.2, 0.25) is 0 Å². The summed E-state index contributed by atoms with van der Waals surface area (Å²) in [7, 11) is 0. The lowest BCUT2D eigenvalue weighted by Crippen LogP contribution is -2.27. The molecule has 0 spiro atoms. The minimum atomic E-state index is -0.808. The van der Waals surface area contributed by atoms with Crippen LogP contribution in [0.4, 0.5) is 0 Å². The first kappa shape index (κ1) is 13.1. The summed E-state index contributed by atoms with van der Waals surface area (Å²) in [5.41, 5.74) is 0. The van der Waals surface area contributed by atoms with Crippen molar-refractivity contribution in [2.45, 2.75) is 39.4 Å². The molecule has 0 bridgehead atoms. The molecule has 2 atom stereocenters. The van der Waals surface area contributed by atoms with Crippen LogP contribution in [-0.2, 0) is 19.1 Å². The van der Waals surface area contributed by atoms with Crippen LogP contribution in [-0.4, -0.2) is 35.9 Å². The second kappa shape index (κ2) is 6.50. The molecule has 0 saturated heterocycles. The largest absolute Gasteiger partial charge is 0.393 e. The van der Waals surface area contributed by atoms with Crippen molar-refractivity contribution in [3.05, 3.63) is 0 Å². The van der Waals surface area contributed by atoms with E-state index in [2.05, 4.69) is 4.74 Å². The van der Waals surface area contributed by atoms with Gasteiger partial charge in [0.25, 0.3) is 0 Å². The van der Waals surface area contributed by atoms with Gasteiger partial charge in [0.15, 0.2) is 6.10 Å². The first-order valence-electron chi connectivity index (χ1n) is 4.51. The van der Waals surface area contributed by atoms with Gasteiger partial charge in [-0.15, -0.1) is 0 Å². The number of carbonyl (C=O) groups excluding carboxylic acids is 2. The normalized spacial score (nSPS) is 14.6. The van der Waals surface area contributed by atoms with Crippen molar-refractivity contribution in [1.82, 2.24) is 0 Å². The van der Waals surface area contributed by atoms with E-state index in [1.54, 1.807) is 6.92 Å². The number of esters is 2. The highest BCUT2D eigenvalue weighted by molar-refractivity contribution is 5.87. The SMILES string of the molecule is CCOC(C)C(=O)OC(=O)CC(C)O. The van der Waals surface area contributed by atoms with Gasteiger partial charge in [-0.05, 0) is 20.8 Å². The van der Waals surface area contributed by atoms with Crippen molar-refractivity contribution in [3.63, 3.8) is 0 Å². The fraction of sp³-hybridized carbons (Fsp3) is 0.778. The summed E-state index contributed by atoms with van der Waals surface area (Å²) in [6, 6.07) is 0. The van der Waals surface area contributed by atoms with Gasteiger partial charge in [-0.3, -0.25) is 4.79 Å². The van der Waals surface area contributed by atoms with Crippen molar-refractivity contribution in [3.8, 4) is 0 Å². The lowest BCUT2D eigenvalue weighted by Gasteiger charge is -2.10. The molecular formula is C9H16O5.